The largest absolute Gasteiger partial charge is 0.377 e. The first kappa shape index (κ1) is 11.6. The Morgan fingerprint density at radius 3 is 3.25 bits per heavy atom. The topological polar surface area (TPSA) is 39.2 Å². The van der Waals surface area contributed by atoms with Gasteiger partial charge >= 0.3 is 0 Å². The number of hydrogen-bond acceptors (Lipinski definition) is 4. The number of thioether (sulfide) groups is 1. The van der Waals surface area contributed by atoms with Gasteiger partial charge in [0.1, 0.15) is 0 Å². The molecule has 86 valence electrons. The molecule has 0 aromatic carbocycles. The van der Waals surface area contributed by atoms with Crippen molar-refractivity contribution in [1.29, 1.82) is 0 Å². The van der Waals surface area contributed by atoms with Crippen LogP contribution >= 0.6 is 11.8 Å². The predicted octanol–water partition coefficient (Wildman–Crippen LogP) is 2.56. The normalized spacial score (nSPS) is 19.9. The molecule has 0 aliphatic carbocycles. The summed E-state index contributed by atoms with van der Waals surface area (Å²) in [5.41, 5.74) is 0.727. The van der Waals surface area contributed by atoms with E-state index in [4.69, 9.17) is 4.74 Å². The molecule has 16 heavy (non-hydrogen) atoms. The highest BCUT2D eigenvalue weighted by Crippen LogP contribution is 2.22. The summed E-state index contributed by atoms with van der Waals surface area (Å²) in [5.74, 6) is 1.01. The Labute approximate surface area is 99.6 Å². The maximum Gasteiger partial charge on any atom is 0.159 e. The van der Waals surface area contributed by atoms with Gasteiger partial charge in [-0.1, -0.05) is 0 Å². The number of nitrogens with zero attached hydrogens (tertiary/aromatic N) is 1. The molecule has 1 aliphatic rings. The Morgan fingerprint density at radius 1 is 1.69 bits per heavy atom. The number of ketones is 1. The highest BCUT2D eigenvalue weighted by atomic mass is 32.2. The predicted molar refractivity (Wildman–Crippen MR) is 63.9 cm³/mol. The van der Waals surface area contributed by atoms with Gasteiger partial charge in [0.25, 0.3) is 0 Å². The first-order valence-corrected chi connectivity index (χ1v) is 6.45. The van der Waals surface area contributed by atoms with Crippen LogP contribution in [0.1, 0.15) is 30.1 Å². The number of carbonyl (C=O) groups excluding carboxylic acids is 1. The summed E-state index contributed by atoms with van der Waals surface area (Å²) in [6.45, 7) is 2.45. The lowest BCUT2D eigenvalue weighted by Gasteiger charge is -2.08. The molecule has 4 heteroatoms. The van der Waals surface area contributed by atoms with Crippen LogP contribution in [0.4, 0.5) is 0 Å². The third-order valence-electron chi connectivity index (χ3n) is 2.58. The molecule has 1 aromatic heterocycles. The SMILES string of the molecule is CC(=O)c1ccnc(SCC2CCCO2)c1. The van der Waals surface area contributed by atoms with Crippen LogP contribution in [0.25, 0.3) is 0 Å². The Kier molecular flexibility index (Phi) is 3.96. The Bertz CT molecular complexity index is 375. The summed E-state index contributed by atoms with van der Waals surface area (Å²) in [6.07, 6.45) is 4.34. The summed E-state index contributed by atoms with van der Waals surface area (Å²) in [6, 6.07) is 3.60. The summed E-state index contributed by atoms with van der Waals surface area (Å²) in [4.78, 5) is 15.4. The van der Waals surface area contributed by atoms with Crippen molar-refractivity contribution in [3.63, 3.8) is 0 Å². The molecule has 1 aromatic rings. The minimum Gasteiger partial charge on any atom is -0.377 e. The first-order valence-electron chi connectivity index (χ1n) is 5.47. The average molecular weight is 237 g/mol. The molecule has 2 rings (SSSR count). The van der Waals surface area contributed by atoms with Crippen LogP contribution in [-0.4, -0.2) is 29.2 Å². The van der Waals surface area contributed by atoms with E-state index < -0.39 is 0 Å². The molecule has 0 saturated carbocycles. The highest BCUT2D eigenvalue weighted by Gasteiger charge is 2.15. The molecule has 0 amide bonds. The lowest BCUT2D eigenvalue weighted by Crippen LogP contribution is -2.08. The molecule has 1 unspecified atom stereocenters. The summed E-state index contributed by atoms with van der Waals surface area (Å²) in [5, 5.41) is 0.906. The van der Waals surface area contributed by atoms with Crippen LogP contribution in [0.3, 0.4) is 0 Å². The Morgan fingerprint density at radius 2 is 2.56 bits per heavy atom. The van der Waals surface area contributed by atoms with E-state index >= 15 is 0 Å². The van der Waals surface area contributed by atoms with Crippen LogP contribution < -0.4 is 0 Å². The van der Waals surface area contributed by atoms with E-state index in [-0.39, 0.29) is 5.78 Å². The van der Waals surface area contributed by atoms with Crippen LogP contribution in [0.15, 0.2) is 23.4 Å². The van der Waals surface area contributed by atoms with Crippen molar-refractivity contribution >= 4 is 17.5 Å². The summed E-state index contributed by atoms with van der Waals surface area (Å²) < 4.78 is 5.54. The molecule has 3 nitrogen and oxygen atoms in total. The number of hydrogen-bond donors (Lipinski definition) is 0. The zero-order valence-electron chi connectivity index (χ0n) is 9.31. The molecule has 0 N–H and O–H groups in total. The van der Waals surface area contributed by atoms with Crippen molar-refractivity contribution in [2.45, 2.75) is 30.9 Å². The van der Waals surface area contributed by atoms with Gasteiger partial charge in [0.15, 0.2) is 5.78 Å². The second kappa shape index (κ2) is 5.46. The second-order valence-corrected chi connectivity index (χ2v) is 4.93. The molecular formula is C12H15NO2S. The van der Waals surface area contributed by atoms with Crippen molar-refractivity contribution in [3.05, 3.63) is 23.9 Å². The molecular weight excluding hydrogens is 222 g/mol. The number of rotatable bonds is 4. The van der Waals surface area contributed by atoms with Crippen molar-refractivity contribution in [3.8, 4) is 0 Å². The fraction of sp³-hybridized carbons (Fsp3) is 0.500. The second-order valence-electron chi connectivity index (χ2n) is 3.88. The van der Waals surface area contributed by atoms with E-state index in [2.05, 4.69) is 4.98 Å². The number of pyridine rings is 1. The van der Waals surface area contributed by atoms with Gasteiger partial charge < -0.3 is 4.74 Å². The third-order valence-corrected chi connectivity index (χ3v) is 3.64. The smallest absolute Gasteiger partial charge is 0.159 e. The fourth-order valence-electron chi connectivity index (χ4n) is 1.66. The van der Waals surface area contributed by atoms with Crippen LogP contribution in [0.2, 0.25) is 0 Å². The maximum absolute atomic E-state index is 11.2. The highest BCUT2D eigenvalue weighted by molar-refractivity contribution is 7.99. The molecule has 1 fully saturated rings. The number of ether oxygens (including phenoxy) is 1. The standard InChI is InChI=1S/C12H15NO2S/c1-9(14)10-4-5-13-12(7-10)16-8-11-3-2-6-15-11/h4-5,7,11H,2-3,6,8H2,1H3. The lowest BCUT2D eigenvalue weighted by molar-refractivity contribution is 0.101. The van der Waals surface area contributed by atoms with E-state index in [0.29, 0.717) is 6.10 Å². The van der Waals surface area contributed by atoms with E-state index in [1.54, 1.807) is 30.9 Å². The molecule has 0 radical (unpaired) electrons. The van der Waals surface area contributed by atoms with Crippen LogP contribution in [-0.2, 0) is 4.74 Å². The molecule has 0 spiro atoms. The van der Waals surface area contributed by atoms with Gasteiger partial charge in [-0.05, 0) is 31.9 Å². The average Bonchev–Trinajstić information content (AvgIpc) is 2.79. The van der Waals surface area contributed by atoms with Crippen molar-refractivity contribution in [1.82, 2.24) is 4.98 Å². The van der Waals surface area contributed by atoms with Gasteiger partial charge in [-0.15, -0.1) is 11.8 Å². The van der Waals surface area contributed by atoms with Gasteiger partial charge in [0.2, 0.25) is 0 Å². The zero-order chi connectivity index (χ0) is 11.4. The number of aromatic nitrogens is 1. The molecule has 2 heterocycles. The summed E-state index contributed by atoms with van der Waals surface area (Å²) >= 11 is 1.66. The van der Waals surface area contributed by atoms with E-state index in [9.17, 15) is 4.79 Å². The monoisotopic (exact) mass is 237 g/mol. The third kappa shape index (κ3) is 3.06. The van der Waals surface area contributed by atoms with E-state index in [1.165, 1.54) is 0 Å². The van der Waals surface area contributed by atoms with E-state index in [1.807, 2.05) is 6.07 Å². The van der Waals surface area contributed by atoms with Gasteiger partial charge in [-0.3, -0.25) is 4.79 Å². The summed E-state index contributed by atoms with van der Waals surface area (Å²) in [7, 11) is 0. The van der Waals surface area contributed by atoms with Crippen LogP contribution in [0.5, 0.6) is 0 Å². The number of Topliss-reactive ketones (excluding diaryl/α,β-unsaturated/α-hetero) is 1. The van der Waals surface area contributed by atoms with E-state index in [0.717, 1.165) is 35.8 Å². The first-order chi connectivity index (χ1) is 7.75. The van der Waals surface area contributed by atoms with Crippen molar-refractivity contribution in [2.24, 2.45) is 0 Å². The minimum atomic E-state index is 0.0846. The Balaban J connectivity index is 1.93. The van der Waals surface area contributed by atoms with Gasteiger partial charge in [0, 0.05) is 24.1 Å². The Hall–Kier alpha value is -0.870. The van der Waals surface area contributed by atoms with Crippen LogP contribution in [0, 0.1) is 0 Å². The molecule has 1 saturated heterocycles. The van der Waals surface area contributed by atoms with Gasteiger partial charge in [-0.25, -0.2) is 4.98 Å². The molecule has 1 aliphatic heterocycles. The molecule has 0 bridgehead atoms. The lowest BCUT2D eigenvalue weighted by atomic mass is 10.2. The number of carbonyl (C=O) groups is 1. The van der Waals surface area contributed by atoms with Crippen molar-refractivity contribution < 1.29 is 9.53 Å². The minimum absolute atomic E-state index is 0.0846. The molecule has 1 atom stereocenters. The van der Waals surface area contributed by atoms with Gasteiger partial charge in [0.05, 0.1) is 11.1 Å². The van der Waals surface area contributed by atoms with Crippen molar-refractivity contribution in [2.75, 3.05) is 12.4 Å². The maximum atomic E-state index is 11.2. The zero-order valence-corrected chi connectivity index (χ0v) is 10.1. The quantitative estimate of drug-likeness (QED) is 0.596. The van der Waals surface area contributed by atoms with Gasteiger partial charge in [-0.2, -0.15) is 0 Å². The fourth-order valence-corrected chi connectivity index (χ4v) is 2.63.